The molecule has 1 aliphatic rings. The van der Waals surface area contributed by atoms with Crippen LogP contribution in [0, 0.1) is 11.8 Å². The summed E-state index contributed by atoms with van der Waals surface area (Å²) < 4.78 is 11.0. The van der Waals surface area contributed by atoms with Crippen molar-refractivity contribution in [1.82, 2.24) is 0 Å². The summed E-state index contributed by atoms with van der Waals surface area (Å²) in [6, 6.07) is 0. The Hall–Kier alpha value is -0.670. The Bertz CT molecular complexity index is 252. The molecule has 2 atom stereocenters. The van der Waals surface area contributed by atoms with Gasteiger partial charge in [0.05, 0.1) is 25.9 Å². The van der Waals surface area contributed by atoms with E-state index in [1.807, 2.05) is 6.08 Å². The van der Waals surface area contributed by atoms with Gasteiger partial charge in [0.1, 0.15) is 0 Å². The van der Waals surface area contributed by atoms with E-state index in [4.69, 9.17) is 9.47 Å². The van der Waals surface area contributed by atoms with E-state index in [-0.39, 0.29) is 11.9 Å². The molecule has 0 aromatic heterocycles. The van der Waals surface area contributed by atoms with Gasteiger partial charge in [0.15, 0.2) is 5.78 Å². The van der Waals surface area contributed by atoms with Crippen LogP contribution >= 0.6 is 0 Å². The molecule has 0 spiro atoms. The van der Waals surface area contributed by atoms with Gasteiger partial charge < -0.3 is 9.47 Å². The second kappa shape index (κ2) is 7.62. The molecule has 0 aliphatic carbocycles. The molecule has 98 valence electrons. The van der Waals surface area contributed by atoms with Gasteiger partial charge in [-0.15, -0.1) is 0 Å². The molecule has 0 radical (unpaired) electrons. The lowest BCUT2D eigenvalue weighted by Crippen LogP contribution is -2.29. The average Bonchev–Trinajstić information content (AvgIpc) is 2.29. The molecule has 1 aliphatic heterocycles. The van der Waals surface area contributed by atoms with Crippen molar-refractivity contribution in [2.24, 2.45) is 11.8 Å². The van der Waals surface area contributed by atoms with Gasteiger partial charge in [0.2, 0.25) is 0 Å². The number of carbonyl (C=O) groups excluding carboxylic acids is 1. The second-order valence-electron chi connectivity index (χ2n) is 5.02. The minimum absolute atomic E-state index is 0.118. The minimum atomic E-state index is 0.118. The predicted molar refractivity (Wildman–Crippen MR) is 67.9 cm³/mol. The molecule has 17 heavy (non-hydrogen) atoms. The summed E-state index contributed by atoms with van der Waals surface area (Å²) in [5, 5.41) is 0. The number of ether oxygens (including phenoxy) is 2. The third kappa shape index (κ3) is 5.99. The van der Waals surface area contributed by atoms with Gasteiger partial charge in [0, 0.05) is 0 Å². The third-order valence-electron chi connectivity index (χ3n) is 3.14. The van der Waals surface area contributed by atoms with Crippen molar-refractivity contribution < 1.29 is 14.3 Å². The maximum Gasteiger partial charge on any atom is 0.152 e. The van der Waals surface area contributed by atoms with Crippen LogP contribution in [0.3, 0.4) is 0 Å². The zero-order valence-electron chi connectivity index (χ0n) is 11.1. The molecule has 3 heteroatoms. The Balaban J connectivity index is 2.35. The van der Waals surface area contributed by atoms with E-state index >= 15 is 0 Å². The maximum atomic E-state index is 10.9. The molecule has 0 aromatic carbocycles. The molecule has 0 bridgehead atoms. The first kappa shape index (κ1) is 14.4. The Labute approximate surface area is 104 Å². The van der Waals surface area contributed by atoms with Crippen molar-refractivity contribution in [3.8, 4) is 0 Å². The summed E-state index contributed by atoms with van der Waals surface area (Å²) in [6.45, 7) is 8.10. The number of rotatable bonds is 6. The number of ketones is 1. The topological polar surface area (TPSA) is 35.5 Å². The fraction of sp³-hybridized carbons (Fsp3) is 0.786. The van der Waals surface area contributed by atoms with E-state index in [0.717, 1.165) is 12.8 Å². The molecule has 2 unspecified atom stereocenters. The van der Waals surface area contributed by atoms with Crippen molar-refractivity contribution >= 4 is 5.78 Å². The monoisotopic (exact) mass is 240 g/mol. The first-order valence-electron chi connectivity index (χ1n) is 6.47. The van der Waals surface area contributed by atoms with Crippen molar-refractivity contribution in [3.63, 3.8) is 0 Å². The van der Waals surface area contributed by atoms with Gasteiger partial charge >= 0.3 is 0 Å². The summed E-state index contributed by atoms with van der Waals surface area (Å²) in [4.78, 5) is 10.9. The Morgan fingerprint density at radius 1 is 1.41 bits per heavy atom. The summed E-state index contributed by atoms with van der Waals surface area (Å²) in [7, 11) is 0. The average molecular weight is 240 g/mol. The number of carbonyl (C=O) groups is 1. The lowest BCUT2D eigenvalue weighted by atomic mass is 9.89. The van der Waals surface area contributed by atoms with E-state index in [0.29, 0.717) is 31.7 Å². The van der Waals surface area contributed by atoms with Crippen LogP contribution in [0.25, 0.3) is 0 Å². The highest BCUT2D eigenvalue weighted by atomic mass is 16.6. The van der Waals surface area contributed by atoms with Crippen molar-refractivity contribution in [2.75, 3.05) is 19.8 Å². The van der Waals surface area contributed by atoms with E-state index in [1.165, 1.54) is 0 Å². The summed E-state index contributed by atoms with van der Waals surface area (Å²) in [5.41, 5.74) is 0. The number of hydrogen-bond acceptors (Lipinski definition) is 3. The molecule has 1 rings (SSSR count). The van der Waals surface area contributed by atoms with Crippen LogP contribution in [0.5, 0.6) is 0 Å². The maximum absolute atomic E-state index is 10.9. The second-order valence-corrected chi connectivity index (χ2v) is 5.02. The van der Waals surface area contributed by atoms with E-state index in [1.54, 1.807) is 13.0 Å². The molecule has 3 nitrogen and oxygen atoms in total. The van der Waals surface area contributed by atoms with E-state index < -0.39 is 0 Å². The standard InChI is InChI=1S/C14H24O3/c1-11(2)13(5-4-12(3)15)6-7-14-10-16-8-9-17-14/h4-5,11,13-14H,6-10H2,1-3H3. The van der Waals surface area contributed by atoms with Crippen molar-refractivity contribution in [2.45, 2.75) is 39.7 Å². The minimum Gasteiger partial charge on any atom is -0.376 e. The molecule has 1 saturated heterocycles. The van der Waals surface area contributed by atoms with Crippen LogP contribution in [0.15, 0.2) is 12.2 Å². The molecule has 0 N–H and O–H groups in total. The molecular weight excluding hydrogens is 216 g/mol. The van der Waals surface area contributed by atoms with Gasteiger partial charge in [-0.25, -0.2) is 0 Å². The Morgan fingerprint density at radius 3 is 2.71 bits per heavy atom. The number of hydrogen-bond donors (Lipinski definition) is 0. The summed E-state index contributed by atoms with van der Waals surface area (Å²) >= 11 is 0. The quantitative estimate of drug-likeness (QED) is 0.669. The molecular formula is C14H24O3. The molecule has 1 heterocycles. The highest BCUT2D eigenvalue weighted by Crippen LogP contribution is 2.21. The van der Waals surface area contributed by atoms with Gasteiger partial charge in [-0.3, -0.25) is 4.79 Å². The van der Waals surface area contributed by atoms with E-state index in [9.17, 15) is 4.79 Å². The zero-order valence-corrected chi connectivity index (χ0v) is 11.1. The zero-order chi connectivity index (χ0) is 12.7. The molecule has 0 saturated carbocycles. The Kier molecular flexibility index (Phi) is 6.45. The van der Waals surface area contributed by atoms with Crippen LogP contribution in [0.1, 0.15) is 33.6 Å². The van der Waals surface area contributed by atoms with Gasteiger partial charge in [-0.1, -0.05) is 19.9 Å². The fourth-order valence-corrected chi connectivity index (χ4v) is 1.99. The van der Waals surface area contributed by atoms with Crippen LogP contribution in [-0.2, 0) is 14.3 Å². The van der Waals surface area contributed by atoms with Gasteiger partial charge in [0.25, 0.3) is 0 Å². The normalized spacial score (nSPS) is 23.2. The van der Waals surface area contributed by atoms with E-state index in [2.05, 4.69) is 13.8 Å². The third-order valence-corrected chi connectivity index (χ3v) is 3.14. The first-order valence-corrected chi connectivity index (χ1v) is 6.47. The predicted octanol–water partition coefficient (Wildman–Crippen LogP) is 2.60. The fourth-order valence-electron chi connectivity index (χ4n) is 1.99. The van der Waals surface area contributed by atoms with Gasteiger partial charge in [-0.2, -0.15) is 0 Å². The van der Waals surface area contributed by atoms with Gasteiger partial charge in [-0.05, 0) is 37.7 Å². The number of allylic oxidation sites excluding steroid dienone is 2. The van der Waals surface area contributed by atoms with Crippen LogP contribution in [0.2, 0.25) is 0 Å². The summed E-state index contributed by atoms with van der Waals surface area (Å²) in [6.07, 6.45) is 6.01. The largest absolute Gasteiger partial charge is 0.376 e. The highest BCUT2D eigenvalue weighted by molar-refractivity contribution is 5.87. The van der Waals surface area contributed by atoms with Crippen LogP contribution in [-0.4, -0.2) is 31.7 Å². The smallest absolute Gasteiger partial charge is 0.152 e. The SMILES string of the molecule is CC(=O)C=CC(CCC1COCCO1)C(C)C. The molecule has 0 amide bonds. The van der Waals surface area contributed by atoms with Crippen molar-refractivity contribution in [1.29, 1.82) is 0 Å². The lowest BCUT2D eigenvalue weighted by molar-refractivity contribution is -0.112. The lowest BCUT2D eigenvalue weighted by Gasteiger charge is -2.25. The van der Waals surface area contributed by atoms with Crippen molar-refractivity contribution in [3.05, 3.63) is 12.2 Å². The molecule has 1 fully saturated rings. The Morgan fingerprint density at radius 2 is 2.18 bits per heavy atom. The first-order chi connectivity index (χ1) is 8.09. The van der Waals surface area contributed by atoms with Crippen LogP contribution in [0.4, 0.5) is 0 Å². The summed E-state index contributed by atoms with van der Waals surface area (Å²) in [5.74, 6) is 1.12. The molecule has 0 aromatic rings. The van der Waals surface area contributed by atoms with Crippen LogP contribution < -0.4 is 0 Å². The highest BCUT2D eigenvalue weighted by Gasteiger charge is 2.17.